The van der Waals surface area contributed by atoms with E-state index in [1.54, 1.807) is 0 Å². The Bertz CT molecular complexity index is 517. The molecule has 3 nitrogen and oxygen atoms in total. The van der Waals surface area contributed by atoms with Gasteiger partial charge < -0.3 is 9.72 Å². The van der Waals surface area contributed by atoms with Crippen molar-refractivity contribution in [1.29, 1.82) is 0 Å². The third kappa shape index (κ3) is 2.66. The molecule has 3 heterocycles. The van der Waals surface area contributed by atoms with Gasteiger partial charge in [0.1, 0.15) is 5.65 Å². The molecule has 102 valence electrons. The van der Waals surface area contributed by atoms with Crippen molar-refractivity contribution in [2.45, 2.75) is 45.1 Å². The smallest absolute Gasteiger partial charge is 0.136 e. The number of nitrogens with one attached hydrogen (secondary N) is 1. The van der Waals surface area contributed by atoms with Crippen LogP contribution in [0.2, 0.25) is 0 Å². The SMILES string of the molecule is CC(C)CC1(Cc2cn3ccccc3n2)CCCN1. The molecule has 0 amide bonds. The van der Waals surface area contributed by atoms with E-state index in [0.29, 0.717) is 0 Å². The highest BCUT2D eigenvalue weighted by molar-refractivity contribution is 5.39. The van der Waals surface area contributed by atoms with E-state index in [4.69, 9.17) is 4.98 Å². The molecule has 3 heteroatoms. The predicted octanol–water partition coefficient (Wildman–Crippen LogP) is 3.05. The van der Waals surface area contributed by atoms with Gasteiger partial charge in [-0.25, -0.2) is 4.98 Å². The van der Waals surface area contributed by atoms with Crippen LogP contribution in [0.25, 0.3) is 5.65 Å². The molecule has 1 N–H and O–H groups in total. The normalized spacial score (nSPS) is 23.5. The maximum absolute atomic E-state index is 4.75. The Hall–Kier alpha value is -1.35. The van der Waals surface area contributed by atoms with Gasteiger partial charge in [-0.3, -0.25) is 0 Å². The van der Waals surface area contributed by atoms with Crippen LogP contribution in [0.1, 0.15) is 38.8 Å². The van der Waals surface area contributed by atoms with Gasteiger partial charge in [0.25, 0.3) is 0 Å². The Morgan fingerprint density at radius 3 is 3.00 bits per heavy atom. The zero-order valence-electron chi connectivity index (χ0n) is 11.9. The van der Waals surface area contributed by atoms with Crippen molar-refractivity contribution in [3.8, 4) is 0 Å². The van der Waals surface area contributed by atoms with Crippen LogP contribution >= 0.6 is 0 Å². The Balaban J connectivity index is 1.85. The van der Waals surface area contributed by atoms with E-state index in [-0.39, 0.29) is 5.54 Å². The number of imidazole rings is 1. The molecule has 1 unspecified atom stereocenters. The van der Waals surface area contributed by atoms with Gasteiger partial charge in [-0.15, -0.1) is 0 Å². The van der Waals surface area contributed by atoms with Crippen molar-refractivity contribution in [1.82, 2.24) is 14.7 Å². The van der Waals surface area contributed by atoms with Gasteiger partial charge in [-0.05, 0) is 43.9 Å². The number of hydrogen-bond donors (Lipinski definition) is 1. The molecule has 0 saturated carbocycles. The number of aromatic nitrogens is 2. The van der Waals surface area contributed by atoms with Gasteiger partial charge in [-0.2, -0.15) is 0 Å². The minimum Gasteiger partial charge on any atom is -0.311 e. The third-order valence-corrected chi connectivity index (χ3v) is 4.06. The summed E-state index contributed by atoms with van der Waals surface area (Å²) in [6.07, 6.45) is 9.10. The van der Waals surface area contributed by atoms with Crippen molar-refractivity contribution in [2.24, 2.45) is 5.92 Å². The lowest BCUT2D eigenvalue weighted by Crippen LogP contribution is -2.43. The average Bonchev–Trinajstić information content (AvgIpc) is 2.94. The highest BCUT2D eigenvalue weighted by atomic mass is 15.0. The molecule has 1 fully saturated rings. The number of pyridine rings is 1. The second-order valence-corrected chi connectivity index (χ2v) is 6.28. The Morgan fingerprint density at radius 2 is 2.32 bits per heavy atom. The second kappa shape index (κ2) is 4.97. The molecule has 3 rings (SSSR count). The first-order valence-corrected chi connectivity index (χ1v) is 7.35. The molecule has 1 atom stereocenters. The van der Waals surface area contributed by atoms with Gasteiger partial charge in [-0.1, -0.05) is 19.9 Å². The van der Waals surface area contributed by atoms with Crippen LogP contribution in [0.3, 0.4) is 0 Å². The summed E-state index contributed by atoms with van der Waals surface area (Å²) in [4.78, 5) is 4.75. The summed E-state index contributed by atoms with van der Waals surface area (Å²) in [5.74, 6) is 0.725. The summed E-state index contributed by atoms with van der Waals surface area (Å²) >= 11 is 0. The van der Waals surface area contributed by atoms with Crippen LogP contribution in [-0.2, 0) is 6.42 Å². The fourth-order valence-corrected chi connectivity index (χ4v) is 3.47. The molecule has 0 radical (unpaired) electrons. The average molecular weight is 257 g/mol. The maximum atomic E-state index is 4.75. The minimum absolute atomic E-state index is 0.270. The fraction of sp³-hybridized carbons (Fsp3) is 0.562. The van der Waals surface area contributed by atoms with Gasteiger partial charge in [0, 0.05) is 24.4 Å². The number of fused-ring (bicyclic) bond motifs is 1. The highest BCUT2D eigenvalue weighted by Gasteiger charge is 2.34. The number of nitrogens with zero attached hydrogens (tertiary/aromatic N) is 2. The van der Waals surface area contributed by atoms with E-state index in [9.17, 15) is 0 Å². The van der Waals surface area contributed by atoms with Gasteiger partial charge >= 0.3 is 0 Å². The lowest BCUT2D eigenvalue weighted by Gasteiger charge is -2.30. The molecule has 0 aromatic carbocycles. The molecule has 2 aromatic heterocycles. The monoisotopic (exact) mass is 257 g/mol. The zero-order chi connectivity index (χ0) is 13.3. The van der Waals surface area contributed by atoms with Crippen LogP contribution < -0.4 is 5.32 Å². The molecule has 19 heavy (non-hydrogen) atoms. The fourth-order valence-electron chi connectivity index (χ4n) is 3.47. The third-order valence-electron chi connectivity index (χ3n) is 4.06. The van der Waals surface area contributed by atoms with Gasteiger partial charge in [0.05, 0.1) is 5.69 Å². The van der Waals surface area contributed by atoms with Crippen LogP contribution in [0.15, 0.2) is 30.6 Å². The minimum atomic E-state index is 0.270. The lowest BCUT2D eigenvalue weighted by molar-refractivity contribution is 0.299. The first kappa shape index (κ1) is 12.7. The first-order valence-electron chi connectivity index (χ1n) is 7.35. The van der Waals surface area contributed by atoms with Gasteiger partial charge in [0.15, 0.2) is 0 Å². The van der Waals surface area contributed by atoms with Gasteiger partial charge in [0.2, 0.25) is 0 Å². The molecule has 0 aliphatic carbocycles. The second-order valence-electron chi connectivity index (χ2n) is 6.28. The summed E-state index contributed by atoms with van der Waals surface area (Å²) in [6, 6.07) is 6.17. The zero-order valence-corrected chi connectivity index (χ0v) is 11.9. The van der Waals surface area contributed by atoms with Crippen LogP contribution in [0.5, 0.6) is 0 Å². The molecule has 1 aliphatic heterocycles. The summed E-state index contributed by atoms with van der Waals surface area (Å²) in [5.41, 5.74) is 2.53. The maximum Gasteiger partial charge on any atom is 0.136 e. The van der Waals surface area contributed by atoms with Crippen molar-refractivity contribution >= 4 is 5.65 Å². The Kier molecular flexibility index (Phi) is 3.31. The molecular formula is C16H23N3. The number of hydrogen-bond acceptors (Lipinski definition) is 2. The summed E-state index contributed by atoms with van der Waals surface area (Å²) in [7, 11) is 0. The largest absolute Gasteiger partial charge is 0.311 e. The molecular weight excluding hydrogens is 234 g/mol. The highest BCUT2D eigenvalue weighted by Crippen LogP contribution is 2.30. The Labute approximate surface area is 115 Å². The van der Waals surface area contributed by atoms with Crippen molar-refractivity contribution in [3.63, 3.8) is 0 Å². The molecule has 1 aliphatic rings. The molecule has 1 saturated heterocycles. The number of rotatable bonds is 4. The van der Waals surface area contributed by atoms with Crippen LogP contribution in [-0.4, -0.2) is 21.5 Å². The lowest BCUT2D eigenvalue weighted by atomic mass is 9.83. The quantitative estimate of drug-likeness (QED) is 0.912. The standard InChI is InChI=1S/C16H23N3/c1-13(2)10-16(7-5-8-17-16)11-14-12-19-9-4-3-6-15(19)18-14/h3-4,6,9,12-13,17H,5,7-8,10-11H2,1-2H3. The molecule has 2 aromatic rings. The van der Waals surface area contributed by atoms with E-state index >= 15 is 0 Å². The summed E-state index contributed by atoms with van der Waals surface area (Å²) in [6.45, 7) is 5.77. The van der Waals surface area contributed by atoms with Crippen molar-refractivity contribution < 1.29 is 0 Å². The topological polar surface area (TPSA) is 29.3 Å². The molecule has 0 bridgehead atoms. The van der Waals surface area contributed by atoms with Crippen LogP contribution in [0, 0.1) is 5.92 Å². The van der Waals surface area contributed by atoms with E-state index < -0.39 is 0 Å². The summed E-state index contributed by atoms with van der Waals surface area (Å²) < 4.78 is 2.12. The first-order chi connectivity index (χ1) is 9.17. The van der Waals surface area contributed by atoms with E-state index in [0.717, 1.165) is 24.5 Å². The molecule has 0 spiro atoms. The van der Waals surface area contributed by atoms with Crippen molar-refractivity contribution in [3.05, 3.63) is 36.3 Å². The van der Waals surface area contributed by atoms with Crippen molar-refractivity contribution in [2.75, 3.05) is 6.54 Å². The Morgan fingerprint density at radius 1 is 1.42 bits per heavy atom. The van der Waals surface area contributed by atoms with Crippen LogP contribution in [0.4, 0.5) is 0 Å². The van der Waals surface area contributed by atoms with E-state index in [1.165, 1.54) is 25.0 Å². The van der Waals surface area contributed by atoms with E-state index in [1.807, 2.05) is 6.07 Å². The predicted molar refractivity (Wildman–Crippen MR) is 78.3 cm³/mol. The summed E-state index contributed by atoms with van der Waals surface area (Å²) in [5, 5.41) is 3.75. The van der Waals surface area contributed by atoms with E-state index in [2.05, 4.69) is 48.1 Å².